The van der Waals surface area contributed by atoms with E-state index in [9.17, 15) is 4.39 Å². The molecule has 0 saturated heterocycles. The second-order valence-electron chi connectivity index (χ2n) is 5.54. The summed E-state index contributed by atoms with van der Waals surface area (Å²) in [5.74, 6) is 0.451. The molecule has 1 nitrogen and oxygen atoms in total. The maximum Gasteiger partial charge on any atom is 0.123 e. The van der Waals surface area contributed by atoms with E-state index in [4.69, 9.17) is 0 Å². The summed E-state index contributed by atoms with van der Waals surface area (Å²) in [6.07, 6.45) is 2.28. The number of nitrogens with one attached hydrogen (secondary N) is 1. The molecule has 0 amide bonds. The van der Waals surface area contributed by atoms with Gasteiger partial charge in [0.2, 0.25) is 0 Å². The van der Waals surface area contributed by atoms with Crippen LogP contribution in [0, 0.1) is 5.82 Å². The fourth-order valence-corrected chi connectivity index (χ4v) is 3.55. The lowest BCUT2D eigenvalue weighted by Crippen LogP contribution is -2.39. The Hall–Kier alpha value is -0.710. The van der Waals surface area contributed by atoms with Crippen molar-refractivity contribution in [1.29, 1.82) is 0 Å². The highest BCUT2D eigenvalue weighted by Crippen LogP contribution is 2.37. The van der Waals surface area contributed by atoms with Crippen molar-refractivity contribution in [1.82, 2.24) is 5.32 Å². The predicted molar refractivity (Wildman–Crippen MR) is 90.8 cm³/mol. The van der Waals surface area contributed by atoms with Crippen molar-refractivity contribution in [2.75, 3.05) is 0 Å². The van der Waals surface area contributed by atoms with Gasteiger partial charge in [0.05, 0.1) is 0 Å². The third-order valence-electron chi connectivity index (χ3n) is 4.05. The van der Waals surface area contributed by atoms with Gasteiger partial charge in [-0.3, -0.25) is 0 Å². The van der Waals surface area contributed by atoms with Crippen LogP contribution in [0.1, 0.15) is 29.9 Å². The fourth-order valence-electron chi connectivity index (χ4n) is 2.75. The third kappa shape index (κ3) is 3.74. The lowest BCUT2D eigenvalue weighted by Gasteiger charge is -2.36. The summed E-state index contributed by atoms with van der Waals surface area (Å²) in [6.45, 7) is 0.703. The van der Waals surface area contributed by atoms with Crippen molar-refractivity contribution in [2.45, 2.75) is 31.3 Å². The fraction of sp³-hybridized carbons (Fsp3) is 0.294. The largest absolute Gasteiger partial charge is 0.310 e. The van der Waals surface area contributed by atoms with Crippen molar-refractivity contribution in [2.24, 2.45) is 0 Å². The van der Waals surface area contributed by atoms with E-state index < -0.39 is 0 Å². The third-order valence-corrected chi connectivity index (χ3v) is 5.31. The zero-order valence-corrected chi connectivity index (χ0v) is 14.6. The Bertz CT molecular complexity index is 638. The Morgan fingerprint density at radius 3 is 2.67 bits per heavy atom. The van der Waals surface area contributed by atoms with Crippen LogP contribution in [0.4, 0.5) is 4.39 Å². The summed E-state index contributed by atoms with van der Waals surface area (Å²) in [5.41, 5.74) is 2.37. The SMILES string of the molecule is Fc1ccc(Br)c(CNC2CC(c3cccc(Br)c3)C2)c1. The Labute approximate surface area is 141 Å². The summed E-state index contributed by atoms with van der Waals surface area (Å²) < 4.78 is 15.3. The number of benzene rings is 2. The second-order valence-corrected chi connectivity index (χ2v) is 7.31. The molecule has 1 aliphatic rings. The lowest BCUT2D eigenvalue weighted by atomic mass is 9.76. The van der Waals surface area contributed by atoms with Crippen LogP contribution >= 0.6 is 31.9 Å². The summed E-state index contributed by atoms with van der Waals surface area (Å²) >= 11 is 6.98. The Kier molecular flexibility index (Phi) is 4.77. The van der Waals surface area contributed by atoms with Gasteiger partial charge in [-0.1, -0.05) is 44.0 Å². The maximum atomic E-state index is 13.2. The molecule has 0 aromatic heterocycles. The van der Waals surface area contributed by atoms with Crippen LogP contribution in [0.5, 0.6) is 0 Å². The number of hydrogen-bond donors (Lipinski definition) is 1. The molecule has 0 aliphatic heterocycles. The van der Waals surface area contributed by atoms with Crippen molar-refractivity contribution >= 4 is 31.9 Å². The molecule has 1 fully saturated rings. The molecule has 1 N–H and O–H groups in total. The Morgan fingerprint density at radius 2 is 1.90 bits per heavy atom. The molecule has 0 heterocycles. The normalized spacial score (nSPS) is 21.1. The standard InChI is InChI=1S/C17H16Br2FN/c18-14-3-1-2-11(6-14)12-8-16(9-12)21-10-13-7-15(20)4-5-17(13)19/h1-7,12,16,21H,8-10H2. The molecule has 0 bridgehead atoms. The van der Waals surface area contributed by atoms with Crippen molar-refractivity contribution < 1.29 is 4.39 Å². The van der Waals surface area contributed by atoms with Crippen LogP contribution in [-0.2, 0) is 6.54 Å². The smallest absolute Gasteiger partial charge is 0.123 e. The van der Waals surface area contributed by atoms with Crippen LogP contribution in [0.3, 0.4) is 0 Å². The van der Waals surface area contributed by atoms with Gasteiger partial charge in [-0.2, -0.15) is 0 Å². The van der Waals surface area contributed by atoms with Crippen molar-refractivity contribution in [3.8, 4) is 0 Å². The molecule has 0 spiro atoms. The molecule has 2 aromatic carbocycles. The zero-order chi connectivity index (χ0) is 14.8. The Morgan fingerprint density at radius 1 is 1.10 bits per heavy atom. The number of hydrogen-bond acceptors (Lipinski definition) is 1. The van der Waals surface area contributed by atoms with E-state index in [1.165, 1.54) is 11.6 Å². The number of halogens is 3. The molecule has 1 saturated carbocycles. The van der Waals surface area contributed by atoms with Crippen LogP contribution in [0.25, 0.3) is 0 Å². The van der Waals surface area contributed by atoms with E-state index in [-0.39, 0.29) is 5.82 Å². The molecule has 0 radical (unpaired) electrons. The van der Waals surface area contributed by atoms with E-state index >= 15 is 0 Å². The average molecular weight is 413 g/mol. The minimum absolute atomic E-state index is 0.185. The van der Waals surface area contributed by atoms with Gasteiger partial charge in [0, 0.05) is 21.5 Å². The highest BCUT2D eigenvalue weighted by Gasteiger charge is 2.29. The first-order valence-electron chi connectivity index (χ1n) is 7.04. The van der Waals surface area contributed by atoms with Crippen LogP contribution in [-0.4, -0.2) is 6.04 Å². The molecular formula is C17H16Br2FN. The van der Waals surface area contributed by atoms with E-state index in [0.717, 1.165) is 27.4 Å². The van der Waals surface area contributed by atoms with Crippen molar-refractivity contribution in [3.05, 3.63) is 68.4 Å². The summed E-state index contributed by atoms with van der Waals surface area (Å²) in [5, 5.41) is 3.51. The summed E-state index contributed by atoms with van der Waals surface area (Å²) in [6, 6.07) is 13.9. The molecule has 2 aromatic rings. The van der Waals surface area contributed by atoms with Gasteiger partial charge in [0.15, 0.2) is 0 Å². The first-order valence-corrected chi connectivity index (χ1v) is 8.63. The lowest BCUT2D eigenvalue weighted by molar-refractivity contribution is 0.289. The first-order chi connectivity index (χ1) is 10.1. The van der Waals surface area contributed by atoms with Gasteiger partial charge in [-0.05, 0) is 60.2 Å². The molecular weight excluding hydrogens is 397 g/mol. The highest BCUT2D eigenvalue weighted by molar-refractivity contribution is 9.10. The van der Waals surface area contributed by atoms with Crippen molar-refractivity contribution in [3.63, 3.8) is 0 Å². The number of rotatable bonds is 4. The highest BCUT2D eigenvalue weighted by atomic mass is 79.9. The summed E-state index contributed by atoms with van der Waals surface area (Å²) in [4.78, 5) is 0. The molecule has 21 heavy (non-hydrogen) atoms. The quantitative estimate of drug-likeness (QED) is 0.710. The van der Waals surface area contributed by atoms with Gasteiger partial charge in [0.25, 0.3) is 0 Å². The predicted octanol–water partition coefficient (Wildman–Crippen LogP) is 5.39. The first kappa shape index (κ1) is 15.2. The molecule has 3 rings (SSSR count). The van der Waals surface area contributed by atoms with E-state index in [2.05, 4.69) is 61.4 Å². The van der Waals surface area contributed by atoms with E-state index in [1.54, 1.807) is 12.1 Å². The average Bonchev–Trinajstić information content (AvgIpc) is 2.41. The van der Waals surface area contributed by atoms with E-state index in [1.807, 2.05) is 0 Å². The molecule has 0 atom stereocenters. The molecule has 0 unspecified atom stereocenters. The monoisotopic (exact) mass is 411 g/mol. The van der Waals surface area contributed by atoms with Gasteiger partial charge < -0.3 is 5.32 Å². The zero-order valence-electron chi connectivity index (χ0n) is 11.5. The van der Waals surface area contributed by atoms with Gasteiger partial charge in [-0.15, -0.1) is 0 Å². The van der Waals surface area contributed by atoms with Crippen LogP contribution in [0.15, 0.2) is 51.4 Å². The van der Waals surface area contributed by atoms with Gasteiger partial charge in [0.1, 0.15) is 5.82 Å². The topological polar surface area (TPSA) is 12.0 Å². The minimum atomic E-state index is -0.185. The van der Waals surface area contributed by atoms with Crippen LogP contribution in [0.2, 0.25) is 0 Å². The molecule has 4 heteroatoms. The van der Waals surface area contributed by atoms with E-state index in [0.29, 0.717) is 18.5 Å². The molecule has 110 valence electrons. The second kappa shape index (κ2) is 6.59. The maximum absolute atomic E-state index is 13.2. The minimum Gasteiger partial charge on any atom is -0.310 e. The van der Waals surface area contributed by atoms with Gasteiger partial charge in [-0.25, -0.2) is 4.39 Å². The van der Waals surface area contributed by atoms with Crippen LogP contribution < -0.4 is 5.32 Å². The van der Waals surface area contributed by atoms with Gasteiger partial charge >= 0.3 is 0 Å². The summed E-state index contributed by atoms with van der Waals surface area (Å²) in [7, 11) is 0. The Balaban J connectivity index is 1.52. The molecule has 1 aliphatic carbocycles.